The van der Waals surface area contributed by atoms with Gasteiger partial charge in [-0.25, -0.2) is 4.98 Å². The molecular formula is C21H29N5O2. The highest BCUT2D eigenvalue weighted by Crippen LogP contribution is 2.26. The van der Waals surface area contributed by atoms with Crippen molar-refractivity contribution in [3.63, 3.8) is 0 Å². The van der Waals surface area contributed by atoms with Crippen molar-refractivity contribution < 1.29 is 9.32 Å². The summed E-state index contributed by atoms with van der Waals surface area (Å²) in [6.07, 6.45) is 7.61. The van der Waals surface area contributed by atoms with Crippen LogP contribution in [0.15, 0.2) is 22.9 Å². The molecule has 28 heavy (non-hydrogen) atoms. The lowest BCUT2D eigenvalue weighted by Crippen LogP contribution is -2.50. The molecule has 0 N–H and O–H groups in total. The number of pyridine rings is 1. The fourth-order valence-corrected chi connectivity index (χ4v) is 4.06. The van der Waals surface area contributed by atoms with Crippen LogP contribution in [0.25, 0.3) is 11.4 Å². The molecule has 2 aromatic rings. The third-order valence-corrected chi connectivity index (χ3v) is 5.81. The highest BCUT2D eigenvalue weighted by atomic mass is 16.5. The molecule has 2 fully saturated rings. The van der Waals surface area contributed by atoms with E-state index in [0.29, 0.717) is 17.6 Å². The fraction of sp³-hybridized carbons (Fsp3) is 0.619. The van der Waals surface area contributed by atoms with Gasteiger partial charge in [0.2, 0.25) is 17.6 Å². The van der Waals surface area contributed by atoms with E-state index in [-0.39, 0.29) is 11.8 Å². The van der Waals surface area contributed by atoms with Crippen molar-refractivity contribution in [3.05, 3.63) is 24.2 Å². The lowest BCUT2D eigenvalue weighted by atomic mass is 9.88. The maximum atomic E-state index is 12.7. The second-order valence-corrected chi connectivity index (χ2v) is 8.16. The normalized spacial score (nSPS) is 18.7. The van der Waals surface area contributed by atoms with Gasteiger partial charge in [-0.05, 0) is 25.0 Å². The van der Waals surface area contributed by atoms with Gasteiger partial charge in [-0.3, -0.25) is 4.79 Å². The van der Waals surface area contributed by atoms with E-state index in [1.54, 1.807) is 6.20 Å². The Kier molecular flexibility index (Phi) is 5.59. The molecule has 0 atom stereocenters. The minimum atomic E-state index is 0.209. The molecule has 0 aromatic carbocycles. The Balaban J connectivity index is 1.35. The molecular weight excluding hydrogens is 354 g/mol. The molecule has 0 unspecified atom stereocenters. The van der Waals surface area contributed by atoms with Crippen LogP contribution in [0, 0.1) is 5.92 Å². The Hall–Kier alpha value is -2.44. The standard InChI is InChI=1S/C21H29N5O2/c1-15(2)20-23-19(24-28-20)17-8-9-18(22-14-17)25-10-12-26(13-11-25)21(27)16-6-4-3-5-7-16/h8-9,14-16H,3-7,10-13H2,1-2H3. The maximum Gasteiger partial charge on any atom is 0.229 e. The van der Waals surface area contributed by atoms with Crippen LogP contribution in [0.5, 0.6) is 0 Å². The molecule has 3 heterocycles. The molecule has 4 rings (SSSR count). The smallest absolute Gasteiger partial charge is 0.229 e. The third-order valence-electron chi connectivity index (χ3n) is 5.81. The second kappa shape index (κ2) is 8.29. The van der Waals surface area contributed by atoms with E-state index >= 15 is 0 Å². The Morgan fingerprint density at radius 1 is 1.11 bits per heavy atom. The molecule has 150 valence electrons. The van der Waals surface area contributed by atoms with Crippen molar-refractivity contribution in [2.24, 2.45) is 5.92 Å². The van der Waals surface area contributed by atoms with Gasteiger partial charge in [0, 0.05) is 49.8 Å². The molecule has 1 aliphatic carbocycles. The summed E-state index contributed by atoms with van der Waals surface area (Å²) in [7, 11) is 0. The average Bonchev–Trinajstić information content (AvgIpc) is 3.25. The van der Waals surface area contributed by atoms with Crippen LogP contribution in [0.3, 0.4) is 0 Å². The first-order chi connectivity index (χ1) is 13.6. The number of rotatable bonds is 4. The number of nitrogens with zero attached hydrogens (tertiary/aromatic N) is 5. The van der Waals surface area contributed by atoms with Gasteiger partial charge in [0.05, 0.1) is 0 Å². The van der Waals surface area contributed by atoms with Crippen LogP contribution in [-0.2, 0) is 4.79 Å². The molecule has 1 saturated carbocycles. The minimum absolute atomic E-state index is 0.209. The summed E-state index contributed by atoms with van der Waals surface area (Å²) >= 11 is 0. The van der Waals surface area contributed by atoms with Crippen LogP contribution in [-0.4, -0.2) is 52.1 Å². The quantitative estimate of drug-likeness (QED) is 0.805. The topological polar surface area (TPSA) is 75.4 Å². The highest BCUT2D eigenvalue weighted by Gasteiger charge is 2.28. The van der Waals surface area contributed by atoms with Gasteiger partial charge in [0.15, 0.2) is 0 Å². The molecule has 1 saturated heterocycles. The van der Waals surface area contributed by atoms with E-state index in [0.717, 1.165) is 50.4 Å². The Bertz CT molecular complexity index is 787. The van der Waals surface area contributed by atoms with E-state index in [2.05, 4.69) is 20.0 Å². The van der Waals surface area contributed by atoms with Gasteiger partial charge in [0.25, 0.3) is 0 Å². The summed E-state index contributed by atoms with van der Waals surface area (Å²) in [5.74, 6) is 2.97. The van der Waals surface area contributed by atoms with E-state index in [1.807, 2.05) is 30.9 Å². The Morgan fingerprint density at radius 2 is 1.86 bits per heavy atom. The second-order valence-electron chi connectivity index (χ2n) is 8.16. The molecule has 0 spiro atoms. The van der Waals surface area contributed by atoms with Gasteiger partial charge >= 0.3 is 0 Å². The van der Waals surface area contributed by atoms with Crippen LogP contribution in [0.4, 0.5) is 5.82 Å². The number of amides is 1. The molecule has 0 radical (unpaired) electrons. The largest absolute Gasteiger partial charge is 0.353 e. The minimum Gasteiger partial charge on any atom is -0.353 e. The first kappa shape index (κ1) is 18.9. The molecule has 7 nitrogen and oxygen atoms in total. The molecule has 1 aliphatic heterocycles. The number of hydrogen-bond donors (Lipinski definition) is 0. The van der Waals surface area contributed by atoms with E-state index < -0.39 is 0 Å². The summed E-state index contributed by atoms with van der Waals surface area (Å²) in [5, 5.41) is 4.04. The monoisotopic (exact) mass is 383 g/mol. The van der Waals surface area contributed by atoms with Crippen molar-refractivity contribution in [2.45, 2.75) is 51.9 Å². The zero-order valence-corrected chi connectivity index (χ0v) is 16.8. The van der Waals surface area contributed by atoms with E-state index in [1.165, 1.54) is 19.3 Å². The molecule has 7 heteroatoms. The Morgan fingerprint density at radius 3 is 2.46 bits per heavy atom. The van der Waals surface area contributed by atoms with Crippen LogP contribution < -0.4 is 4.90 Å². The van der Waals surface area contributed by atoms with Crippen LogP contribution in [0.1, 0.15) is 57.8 Å². The van der Waals surface area contributed by atoms with Gasteiger partial charge in [-0.2, -0.15) is 4.98 Å². The third kappa shape index (κ3) is 4.03. The number of carbonyl (C=O) groups excluding carboxylic acids is 1. The van der Waals surface area contributed by atoms with Crippen LogP contribution in [0.2, 0.25) is 0 Å². The Labute approximate surface area is 166 Å². The number of aromatic nitrogens is 3. The summed E-state index contributed by atoms with van der Waals surface area (Å²) in [6, 6.07) is 3.98. The van der Waals surface area contributed by atoms with Crippen molar-refractivity contribution in [3.8, 4) is 11.4 Å². The van der Waals surface area contributed by atoms with Crippen molar-refractivity contribution in [1.82, 2.24) is 20.0 Å². The van der Waals surface area contributed by atoms with Gasteiger partial charge in [-0.15, -0.1) is 0 Å². The average molecular weight is 383 g/mol. The van der Waals surface area contributed by atoms with Crippen LogP contribution >= 0.6 is 0 Å². The van der Waals surface area contributed by atoms with Crippen molar-refractivity contribution in [2.75, 3.05) is 31.1 Å². The molecule has 0 bridgehead atoms. The fourth-order valence-electron chi connectivity index (χ4n) is 4.06. The highest BCUT2D eigenvalue weighted by molar-refractivity contribution is 5.79. The molecule has 1 amide bonds. The summed E-state index contributed by atoms with van der Waals surface area (Å²) in [6.45, 7) is 7.26. The first-order valence-corrected chi connectivity index (χ1v) is 10.5. The lowest BCUT2D eigenvalue weighted by Gasteiger charge is -2.37. The van der Waals surface area contributed by atoms with Gasteiger partial charge in [-0.1, -0.05) is 38.3 Å². The predicted octanol–water partition coefficient (Wildman–Crippen LogP) is 3.48. The first-order valence-electron chi connectivity index (χ1n) is 10.5. The van der Waals surface area contributed by atoms with Crippen molar-refractivity contribution >= 4 is 11.7 Å². The molecule has 2 aromatic heterocycles. The van der Waals surface area contributed by atoms with Crippen molar-refractivity contribution in [1.29, 1.82) is 0 Å². The zero-order chi connectivity index (χ0) is 19.5. The summed E-state index contributed by atoms with van der Waals surface area (Å²) in [5.41, 5.74) is 0.852. The number of hydrogen-bond acceptors (Lipinski definition) is 6. The number of anilines is 1. The summed E-state index contributed by atoms with van der Waals surface area (Å²) in [4.78, 5) is 26.0. The lowest BCUT2D eigenvalue weighted by molar-refractivity contribution is -0.136. The number of piperazine rings is 1. The van der Waals surface area contributed by atoms with Gasteiger partial charge < -0.3 is 14.3 Å². The maximum absolute atomic E-state index is 12.7. The van der Waals surface area contributed by atoms with E-state index in [9.17, 15) is 4.79 Å². The van der Waals surface area contributed by atoms with Gasteiger partial charge in [0.1, 0.15) is 5.82 Å². The summed E-state index contributed by atoms with van der Waals surface area (Å²) < 4.78 is 5.27. The zero-order valence-electron chi connectivity index (χ0n) is 16.8. The number of carbonyl (C=O) groups is 1. The van der Waals surface area contributed by atoms with E-state index in [4.69, 9.17) is 4.52 Å². The SMILES string of the molecule is CC(C)c1nc(-c2ccc(N3CCN(C(=O)C4CCCCC4)CC3)nc2)no1. The predicted molar refractivity (Wildman–Crippen MR) is 107 cm³/mol. The molecule has 2 aliphatic rings.